The van der Waals surface area contributed by atoms with Gasteiger partial charge in [0.25, 0.3) is 0 Å². The van der Waals surface area contributed by atoms with Gasteiger partial charge in [-0.05, 0) is 55.4 Å². The van der Waals surface area contributed by atoms with Gasteiger partial charge in [-0.15, -0.1) is 0 Å². The fraction of sp³-hybridized carbons (Fsp3) is 0.167. The van der Waals surface area contributed by atoms with E-state index < -0.39 is 5.97 Å². The number of hydrogen-bond acceptors (Lipinski definition) is 4. The minimum absolute atomic E-state index is 0.0584. The largest absolute Gasteiger partial charge is 0.475 e. The number of aromatic carboxylic acids is 1. The van der Waals surface area contributed by atoms with Gasteiger partial charge >= 0.3 is 5.97 Å². The summed E-state index contributed by atoms with van der Waals surface area (Å²) in [4.78, 5) is 15.0. The van der Waals surface area contributed by atoms with E-state index in [9.17, 15) is 4.79 Å². The predicted molar refractivity (Wildman–Crippen MR) is 63.5 cm³/mol. The van der Waals surface area contributed by atoms with Crippen molar-refractivity contribution in [1.29, 1.82) is 0 Å². The Morgan fingerprint density at radius 3 is 2.71 bits per heavy atom. The molecule has 0 radical (unpaired) electrons. The Bertz CT molecular complexity index is 542. The van der Waals surface area contributed by atoms with Crippen molar-refractivity contribution < 1.29 is 14.3 Å². The highest BCUT2D eigenvalue weighted by atomic mass is 32.2. The molecule has 0 aliphatic heterocycles. The Hall–Kier alpha value is -1.75. The molecule has 0 aliphatic rings. The highest BCUT2D eigenvalue weighted by Gasteiger charge is 2.10. The van der Waals surface area contributed by atoms with Gasteiger partial charge < -0.3 is 9.52 Å². The Morgan fingerprint density at radius 1 is 1.35 bits per heavy atom. The highest BCUT2D eigenvalue weighted by molar-refractivity contribution is 7.99. The summed E-state index contributed by atoms with van der Waals surface area (Å²) in [6.07, 6.45) is 0. The Morgan fingerprint density at radius 2 is 2.12 bits per heavy atom. The summed E-state index contributed by atoms with van der Waals surface area (Å²) in [5, 5.41) is 10.1. The molecule has 0 saturated carbocycles. The first-order valence-corrected chi connectivity index (χ1v) is 5.82. The zero-order valence-electron chi connectivity index (χ0n) is 9.43. The van der Waals surface area contributed by atoms with E-state index in [2.05, 4.69) is 4.98 Å². The molecule has 0 unspecified atom stereocenters. The summed E-state index contributed by atoms with van der Waals surface area (Å²) in [5.74, 6) is -1.12. The van der Waals surface area contributed by atoms with Gasteiger partial charge in [0, 0.05) is 5.69 Å². The summed E-state index contributed by atoms with van der Waals surface area (Å²) >= 11 is 1.31. The van der Waals surface area contributed by atoms with Crippen LogP contribution in [0, 0.1) is 13.8 Å². The topological polar surface area (TPSA) is 63.3 Å². The molecule has 0 spiro atoms. The van der Waals surface area contributed by atoms with Crippen molar-refractivity contribution >= 4 is 17.7 Å². The first-order valence-electron chi connectivity index (χ1n) is 5.01. The second-order valence-electron chi connectivity index (χ2n) is 3.65. The van der Waals surface area contributed by atoms with E-state index in [0.29, 0.717) is 5.09 Å². The fourth-order valence-corrected chi connectivity index (χ4v) is 2.36. The lowest BCUT2D eigenvalue weighted by Crippen LogP contribution is -1.91. The van der Waals surface area contributed by atoms with E-state index in [1.165, 1.54) is 17.8 Å². The van der Waals surface area contributed by atoms with Gasteiger partial charge in [-0.1, -0.05) is 0 Å². The number of carboxylic acid groups (broad SMARTS) is 1. The first-order chi connectivity index (χ1) is 8.04. The van der Waals surface area contributed by atoms with E-state index in [4.69, 9.17) is 9.52 Å². The van der Waals surface area contributed by atoms with Gasteiger partial charge in [-0.2, -0.15) is 0 Å². The minimum Gasteiger partial charge on any atom is -0.475 e. The number of hydrogen-bond donors (Lipinski definition) is 1. The van der Waals surface area contributed by atoms with Crippen LogP contribution in [0.1, 0.15) is 21.8 Å². The van der Waals surface area contributed by atoms with Crippen LogP contribution in [0.15, 0.2) is 38.8 Å². The average molecular weight is 249 g/mol. The number of aromatic nitrogens is 1. The molecule has 5 heteroatoms. The molecule has 0 aliphatic carbocycles. The Kier molecular flexibility index (Phi) is 3.19. The molecule has 0 aromatic carbocycles. The molecule has 1 N–H and O–H groups in total. The van der Waals surface area contributed by atoms with Crippen molar-refractivity contribution in [3.05, 3.63) is 41.3 Å². The Labute approximate surface area is 103 Å². The van der Waals surface area contributed by atoms with Crippen LogP contribution in [0.5, 0.6) is 0 Å². The van der Waals surface area contributed by atoms with Crippen molar-refractivity contribution in [1.82, 2.24) is 4.98 Å². The quantitative estimate of drug-likeness (QED) is 0.905. The van der Waals surface area contributed by atoms with Crippen LogP contribution in [0.3, 0.4) is 0 Å². The third-order valence-electron chi connectivity index (χ3n) is 2.07. The molecule has 0 atom stereocenters. The number of nitrogens with zero attached hydrogens (tertiary/aromatic N) is 1. The van der Waals surface area contributed by atoms with Crippen LogP contribution < -0.4 is 0 Å². The second-order valence-corrected chi connectivity index (χ2v) is 4.67. The van der Waals surface area contributed by atoms with E-state index >= 15 is 0 Å². The van der Waals surface area contributed by atoms with Gasteiger partial charge in [-0.3, -0.25) is 0 Å². The Balaban J connectivity index is 2.22. The van der Waals surface area contributed by atoms with Crippen LogP contribution in [0.4, 0.5) is 0 Å². The lowest BCUT2D eigenvalue weighted by Gasteiger charge is -2.01. The van der Waals surface area contributed by atoms with E-state index in [1.54, 1.807) is 6.07 Å². The zero-order chi connectivity index (χ0) is 12.4. The number of aryl methyl sites for hydroxylation is 2. The second kappa shape index (κ2) is 4.63. The van der Waals surface area contributed by atoms with E-state index in [1.807, 2.05) is 26.0 Å². The first kappa shape index (κ1) is 11.7. The van der Waals surface area contributed by atoms with Gasteiger partial charge in [0.1, 0.15) is 5.03 Å². The average Bonchev–Trinajstić information content (AvgIpc) is 2.64. The van der Waals surface area contributed by atoms with Crippen LogP contribution in [-0.4, -0.2) is 16.1 Å². The van der Waals surface area contributed by atoms with Crippen molar-refractivity contribution in [2.24, 2.45) is 0 Å². The van der Waals surface area contributed by atoms with Gasteiger partial charge in [0.15, 0.2) is 5.09 Å². The number of carboxylic acids is 1. The maximum Gasteiger partial charge on any atom is 0.371 e. The van der Waals surface area contributed by atoms with E-state index in [-0.39, 0.29) is 5.76 Å². The van der Waals surface area contributed by atoms with Crippen LogP contribution >= 0.6 is 11.8 Å². The lowest BCUT2D eigenvalue weighted by molar-refractivity contribution is 0.0656. The van der Waals surface area contributed by atoms with Crippen LogP contribution in [-0.2, 0) is 0 Å². The fourth-order valence-electron chi connectivity index (χ4n) is 1.45. The molecule has 2 heterocycles. The summed E-state index contributed by atoms with van der Waals surface area (Å²) in [7, 11) is 0. The normalized spacial score (nSPS) is 10.5. The molecular formula is C12H11NO3S. The van der Waals surface area contributed by atoms with Crippen molar-refractivity contribution in [3.8, 4) is 0 Å². The number of furan rings is 1. The maximum atomic E-state index is 10.7. The SMILES string of the molecule is Cc1cc(C)nc(Sc2ccc(C(=O)O)o2)c1. The summed E-state index contributed by atoms with van der Waals surface area (Å²) in [6, 6.07) is 6.98. The molecule has 0 bridgehead atoms. The van der Waals surface area contributed by atoms with Crippen molar-refractivity contribution in [2.45, 2.75) is 24.0 Å². The number of rotatable bonds is 3. The summed E-state index contributed by atoms with van der Waals surface area (Å²) in [5.41, 5.74) is 2.04. The maximum absolute atomic E-state index is 10.7. The molecule has 88 valence electrons. The molecular weight excluding hydrogens is 238 g/mol. The lowest BCUT2D eigenvalue weighted by atomic mass is 10.3. The molecule has 4 nitrogen and oxygen atoms in total. The van der Waals surface area contributed by atoms with Crippen molar-refractivity contribution in [3.63, 3.8) is 0 Å². The molecule has 17 heavy (non-hydrogen) atoms. The van der Waals surface area contributed by atoms with Crippen LogP contribution in [0.2, 0.25) is 0 Å². The molecule has 2 aromatic rings. The number of carbonyl (C=O) groups is 1. The van der Waals surface area contributed by atoms with Gasteiger partial charge in [-0.25, -0.2) is 9.78 Å². The number of pyridine rings is 1. The predicted octanol–water partition coefficient (Wildman–Crippen LogP) is 3.14. The minimum atomic E-state index is -1.06. The third kappa shape index (κ3) is 2.88. The zero-order valence-corrected chi connectivity index (χ0v) is 10.2. The summed E-state index contributed by atoms with van der Waals surface area (Å²) < 4.78 is 5.15. The van der Waals surface area contributed by atoms with Gasteiger partial charge in [0.2, 0.25) is 5.76 Å². The van der Waals surface area contributed by atoms with Crippen molar-refractivity contribution in [2.75, 3.05) is 0 Å². The highest BCUT2D eigenvalue weighted by Crippen LogP contribution is 2.28. The molecule has 0 saturated heterocycles. The molecule has 2 rings (SSSR count). The molecule has 0 fully saturated rings. The standard InChI is InChI=1S/C12H11NO3S/c1-7-5-8(2)13-10(6-7)17-11-4-3-9(16-11)12(14)15/h3-6H,1-2H3,(H,14,15). The molecule has 0 amide bonds. The third-order valence-corrected chi connectivity index (χ3v) is 2.91. The van der Waals surface area contributed by atoms with E-state index in [0.717, 1.165) is 16.3 Å². The smallest absolute Gasteiger partial charge is 0.371 e. The van der Waals surface area contributed by atoms with Crippen LogP contribution in [0.25, 0.3) is 0 Å². The summed E-state index contributed by atoms with van der Waals surface area (Å²) in [6.45, 7) is 3.91. The van der Waals surface area contributed by atoms with Gasteiger partial charge in [0.05, 0.1) is 0 Å². The monoisotopic (exact) mass is 249 g/mol. The molecule has 2 aromatic heterocycles.